The lowest BCUT2D eigenvalue weighted by molar-refractivity contribution is 0.601. The standard InChI is InChI=1S/C15H17NO2S/c1-12-7-15(10-16-9-12)8-13-3-5-14(6-4-13)11-19(2,17)18/h3-7,9-10H,8,11H2,1-2H3. The Morgan fingerprint density at radius 2 is 1.63 bits per heavy atom. The monoisotopic (exact) mass is 275 g/mol. The Morgan fingerprint density at radius 3 is 2.21 bits per heavy atom. The van der Waals surface area contributed by atoms with Crippen LogP contribution >= 0.6 is 0 Å². The largest absolute Gasteiger partial charge is 0.264 e. The molecule has 0 unspecified atom stereocenters. The molecule has 0 aliphatic carbocycles. The minimum absolute atomic E-state index is 0.0965. The summed E-state index contributed by atoms with van der Waals surface area (Å²) in [6.07, 6.45) is 5.75. The molecule has 19 heavy (non-hydrogen) atoms. The summed E-state index contributed by atoms with van der Waals surface area (Å²) in [6.45, 7) is 2.02. The lowest BCUT2D eigenvalue weighted by Crippen LogP contribution is -2.00. The van der Waals surface area contributed by atoms with E-state index in [2.05, 4.69) is 11.1 Å². The molecule has 0 fully saturated rings. The fourth-order valence-corrected chi connectivity index (χ4v) is 2.80. The molecule has 2 aromatic rings. The van der Waals surface area contributed by atoms with Gasteiger partial charge in [0.05, 0.1) is 5.75 Å². The number of sulfone groups is 1. The van der Waals surface area contributed by atoms with Crippen molar-refractivity contribution < 1.29 is 8.42 Å². The predicted molar refractivity (Wildman–Crippen MR) is 76.8 cm³/mol. The molecule has 1 aromatic heterocycles. The summed E-state index contributed by atoms with van der Waals surface area (Å²) in [5.41, 5.74) is 4.29. The third kappa shape index (κ3) is 4.48. The third-order valence-electron chi connectivity index (χ3n) is 2.79. The van der Waals surface area contributed by atoms with Gasteiger partial charge in [0.1, 0.15) is 0 Å². The minimum atomic E-state index is -2.96. The number of hydrogen-bond donors (Lipinski definition) is 0. The summed E-state index contributed by atoms with van der Waals surface area (Å²) in [5, 5.41) is 0. The molecule has 0 radical (unpaired) electrons. The molecule has 0 aliphatic heterocycles. The van der Waals surface area contributed by atoms with Gasteiger partial charge in [0.2, 0.25) is 0 Å². The van der Waals surface area contributed by atoms with Crippen molar-refractivity contribution in [2.45, 2.75) is 19.1 Å². The zero-order chi connectivity index (χ0) is 13.9. The molecule has 0 aliphatic rings. The van der Waals surface area contributed by atoms with E-state index in [1.165, 1.54) is 6.26 Å². The van der Waals surface area contributed by atoms with Gasteiger partial charge in [-0.2, -0.15) is 0 Å². The van der Waals surface area contributed by atoms with Crippen LogP contribution in [0.5, 0.6) is 0 Å². The summed E-state index contributed by atoms with van der Waals surface area (Å²) in [6, 6.07) is 9.81. The summed E-state index contributed by atoms with van der Waals surface area (Å²) in [5.74, 6) is 0.0965. The van der Waals surface area contributed by atoms with Gasteiger partial charge < -0.3 is 0 Å². The molecule has 1 heterocycles. The van der Waals surface area contributed by atoms with Gasteiger partial charge in [-0.25, -0.2) is 8.42 Å². The van der Waals surface area contributed by atoms with Crippen LogP contribution < -0.4 is 0 Å². The van der Waals surface area contributed by atoms with Gasteiger partial charge in [0.25, 0.3) is 0 Å². The van der Waals surface area contributed by atoms with Crippen LogP contribution in [0.25, 0.3) is 0 Å². The van der Waals surface area contributed by atoms with Gasteiger partial charge in [-0.1, -0.05) is 30.3 Å². The quantitative estimate of drug-likeness (QED) is 0.861. The molecule has 0 bridgehead atoms. The summed E-state index contributed by atoms with van der Waals surface area (Å²) >= 11 is 0. The zero-order valence-electron chi connectivity index (χ0n) is 11.1. The highest BCUT2D eigenvalue weighted by molar-refractivity contribution is 7.89. The molecule has 0 atom stereocenters. The number of aromatic nitrogens is 1. The van der Waals surface area contributed by atoms with Crippen molar-refractivity contribution in [1.82, 2.24) is 4.98 Å². The van der Waals surface area contributed by atoms with Crippen molar-refractivity contribution in [3.05, 3.63) is 65.0 Å². The molecule has 4 heteroatoms. The van der Waals surface area contributed by atoms with Crippen molar-refractivity contribution in [2.75, 3.05) is 6.26 Å². The maximum Gasteiger partial charge on any atom is 0.151 e. The normalized spacial score (nSPS) is 11.5. The van der Waals surface area contributed by atoms with Crippen LogP contribution in [0.15, 0.2) is 42.7 Å². The number of nitrogens with zero attached hydrogens (tertiary/aromatic N) is 1. The molecule has 0 saturated heterocycles. The Kier molecular flexibility index (Phi) is 4.00. The Balaban J connectivity index is 2.11. The van der Waals surface area contributed by atoms with Gasteiger partial charge in [0.15, 0.2) is 9.84 Å². The number of hydrogen-bond acceptors (Lipinski definition) is 3. The predicted octanol–water partition coefficient (Wildman–Crippen LogP) is 2.53. The Morgan fingerprint density at radius 1 is 1.00 bits per heavy atom. The van der Waals surface area contributed by atoms with Crippen molar-refractivity contribution in [3.8, 4) is 0 Å². The van der Waals surface area contributed by atoms with E-state index in [1.54, 1.807) is 0 Å². The van der Waals surface area contributed by atoms with Crippen LogP contribution in [0.4, 0.5) is 0 Å². The van der Waals surface area contributed by atoms with Gasteiger partial charge in [-0.15, -0.1) is 0 Å². The van der Waals surface area contributed by atoms with Crippen molar-refractivity contribution in [2.24, 2.45) is 0 Å². The zero-order valence-corrected chi connectivity index (χ0v) is 11.9. The third-order valence-corrected chi connectivity index (χ3v) is 3.65. The highest BCUT2D eigenvalue weighted by atomic mass is 32.2. The summed E-state index contributed by atoms with van der Waals surface area (Å²) in [7, 11) is -2.96. The maximum absolute atomic E-state index is 11.2. The van der Waals surface area contributed by atoms with Crippen molar-refractivity contribution in [1.29, 1.82) is 0 Å². The first-order valence-electron chi connectivity index (χ1n) is 6.08. The first kappa shape index (κ1) is 13.7. The van der Waals surface area contributed by atoms with Crippen LogP contribution in [0.2, 0.25) is 0 Å². The van der Waals surface area contributed by atoms with Crippen LogP contribution in [0.1, 0.15) is 22.3 Å². The molecule has 0 N–H and O–H groups in total. The Labute approximate surface area is 114 Å². The van der Waals surface area contributed by atoms with Crippen LogP contribution in [0.3, 0.4) is 0 Å². The van der Waals surface area contributed by atoms with E-state index in [1.807, 2.05) is 43.6 Å². The summed E-state index contributed by atoms with van der Waals surface area (Å²) < 4.78 is 22.4. The summed E-state index contributed by atoms with van der Waals surface area (Å²) in [4.78, 5) is 4.17. The van der Waals surface area contributed by atoms with Crippen LogP contribution in [-0.2, 0) is 22.0 Å². The smallest absolute Gasteiger partial charge is 0.151 e. The maximum atomic E-state index is 11.2. The molecule has 0 spiro atoms. The fourth-order valence-electron chi connectivity index (χ4n) is 2.01. The van der Waals surface area contributed by atoms with E-state index < -0.39 is 9.84 Å². The van der Waals surface area contributed by atoms with Gasteiger partial charge >= 0.3 is 0 Å². The second kappa shape index (κ2) is 5.53. The molecule has 0 saturated carbocycles. The van der Waals surface area contributed by atoms with E-state index in [9.17, 15) is 8.42 Å². The number of aryl methyl sites for hydroxylation is 1. The highest BCUT2D eigenvalue weighted by Crippen LogP contribution is 2.12. The van der Waals surface area contributed by atoms with Crippen LogP contribution in [0, 0.1) is 6.92 Å². The average molecular weight is 275 g/mol. The molecular formula is C15H17NO2S. The van der Waals surface area contributed by atoms with Gasteiger partial charge in [-0.05, 0) is 35.6 Å². The van der Waals surface area contributed by atoms with Gasteiger partial charge in [0, 0.05) is 18.6 Å². The molecule has 0 amide bonds. The van der Waals surface area contributed by atoms with E-state index in [-0.39, 0.29) is 5.75 Å². The lowest BCUT2D eigenvalue weighted by atomic mass is 10.0. The van der Waals surface area contributed by atoms with E-state index in [4.69, 9.17) is 0 Å². The first-order valence-corrected chi connectivity index (χ1v) is 8.14. The second-order valence-electron chi connectivity index (χ2n) is 4.93. The van der Waals surface area contributed by atoms with E-state index in [0.717, 1.165) is 28.7 Å². The SMILES string of the molecule is Cc1cncc(Cc2ccc(CS(C)(=O)=O)cc2)c1. The molecule has 100 valence electrons. The minimum Gasteiger partial charge on any atom is -0.264 e. The van der Waals surface area contributed by atoms with E-state index >= 15 is 0 Å². The highest BCUT2D eigenvalue weighted by Gasteiger charge is 2.04. The molecule has 3 nitrogen and oxygen atoms in total. The Bertz CT molecular complexity index is 661. The average Bonchev–Trinajstić information content (AvgIpc) is 2.30. The second-order valence-corrected chi connectivity index (χ2v) is 7.07. The van der Waals surface area contributed by atoms with Crippen LogP contribution in [-0.4, -0.2) is 19.7 Å². The molecule has 1 aromatic carbocycles. The van der Waals surface area contributed by atoms with E-state index in [0.29, 0.717) is 0 Å². The molecule has 2 rings (SSSR count). The number of pyridine rings is 1. The number of rotatable bonds is 4. The number of benzene rings is 1. The Hall–Kier alpha value is -1.68. The fraction of sp³-hybridized carbons (Fsp3) is 0.267. The lowest BCUT2D eigenvalue weighted by Gasteiger charge is -2.04. The van der Waals surface area contributed by atoms with Gasteiger partial charge in [-0.3, -0.25) is 4.98 Å². The topological polar surface area (TPSA) is 47.0 Å². The molecular weight excluding hydrogens is 258 g/mol. The van der Waals surface area contributed by atoms with Crippen molar-refractivity contribution >= 4 is 9.84 Å². The first-order chi connectivity index (χ1) is 8.92. The van der Waals surface area contributed by atoms with Crippen molar-refractivity contribution in [3.63, 3.8) is 0 Å².